The van der Waals surface area contributed by atoms with Crippen LogP contribution >= 0.6 is 0 Å². The molecule has 0 aliphatic heterocycles. The third kappa shape index (κ3) is 5.16. The van der Waals surface area contributed by atoms with Gasteiger partial charge in [0.25, 0.3) is 0 Å². The first-order valence-electron chi connectivity index (χ1n) is 11.9. The minimum atomic E-state index is 0.421. The lowest BCUT2D eigenvalue weighted by atomic mass is 9.88. The second kappa shape index (κ2) is 10.6. The standard InChI is InChI=1S/C23H42N2O/c1-2-3-19-24(20-13-7-4-8-14-20)23(26)25(21-15-9-5-10-16-21)22-17-11-6-12-18-22/h20-22H,2-19H2,1H3. The zero-order valence-corrected chi connectivity index (χ0v) is 17.3. The molecule has 3 rings (SSSR count). The van der Waals surface area contributed by atoms with E-state index in [-0.39, 0.29) is 0 Å². The van der Waals surface area contributed by atoms with Crippen LogP contribution in [-0.4, -0.2) is 40.5 Å². The summed E-state index contributed by atoms with van der Waals surface area (Å²) >= 11 is 0. The Hall–Kier alpha value is -0.730. The SMILES string of the molecule is CCCCN(C(=O)N(C1CCCCC1)C1CCCCC1)C1CCCCC1. The fourth-order valence-corrected chi connectivity index (χ4v) is 5.63. The highest BCUT2D eigenvalue weighted by molar-refractivity contribution is 5.75. The van der Waals surface area contributed by atoms with E-state index < -0.39 is 0 Å². The summed E-state index contributed by atoms with van der Waals surface area (Å²) in [5, 5.41) is 0. The molecule has 0 N–H and O–H groups in total. The molecule has 3 aliphatic rings. The van der Waals surface area contributed by atoms with Gasteiger partial charge in [-0.3, -0.25) is 0 Å². The highest BCUT2D eigenvalue weighted by Gasteiger charge is 2.37. The van der Waals surface area contributed by atoms with Crippen molar-refractivity contribution in [2.24, 2.45) is 0 Å². The number of hydrogen-bond acceptors (Lipinski definition) is 1. The van der Waals surface area contributed by atoms with Crippen molar-refractivity contribution in [2.45, 2.75) is 134 Å². The number of nitrogens with zero attached hydrogens (tertiary/aromatic N) is 2. The van der Waals surface area contributed by atoms with Gasteiger partial charge in [0.2, 0.25) is 0 Å². The van der Waals surface area contributed by atoms with Crippen LogP contribution in [-0.2, 0) is 0 Å². The molecular formula is C23H42N2O. The van der Waals surface area contributed by atoms with Crippen LogP contribution in [0.3, 0.4) is 0 Å². The quantitative estimate of drug-likeness (QED) is 0.528. The maximum Gasteiger partial charge on any atom is 0.320 e. The van der Waals surface area contributed by atoms with Crippen molar-refractivity contribution in [3.05, 3.63) is 0 Å². The highest BCUT2D eigenvalue weighted by Crippen LogP contribution is 2.33. The van der Waals surface area contributed by atoms with E-state index in [1.165, 1.54) is 103 Å². The summed E-state index contributed by atoms with van der Waals surface area (Å²) in [6.07, 6.45) is 21.8. The molecule has 3 saturated carbocycles. The van der Waals surface area contributed by atoms with Gasteiger partial charge in [-0.15, -0.1) is 0 Å². The monoisotopic (exact) mass is 362 g/mol. The maximum absolute atomic E-state index is 13.9. The lowest BCUT2D eigenvalue weighted by molar-refractivity contribution is 0.0620. The van der Waals surface area contributed by atoms with Crippen molar-refractivity contribution in [3.63, 3.8) is 0 Å². The van der Waals surface area contributed by atoms with Gasteiger partial charge < -0.3 is 9.80 Å². The average molecular weight is 363 g/mol. The summed E-state index contributed by atoms with van der Waals surface area (Å²) in [7, 11) is 0. The van der Waals surface area contributed by atoms with E-state index in [4.69, 9.17) is 0 Å². The molecule has 0 aromatic carbocycles. The third-order valence-electron chi connectivity index (χ3n) is 7.17. The Morgan fingerprint density at radius 1 is 0.692 bits per heavy atom. The number of amides is 2. The fraction of sp³-hybridized carbons (Fsp3) is 0.957. The molecule has 3 aliphatic carbocycles. The van der Waals surface area contributed by atoms with E-state index in [1.54, 1.807) is 0 Å². The van der Waals surface area contributed by atoms with E-state index in [9.17, 15) is 4.79 Å². The van der Waals surface area contributed by atoms with Crippen LogP contribution in [0.25, 0.3) is 0 Å². The Kier molecular flexibility index (Phi) is 8.13. The number of rotatable bonds is 6. The van der Waals surface area contributed by atoms with E-state index in [0.717, 1.165) is 13.0 Å². The van der Waals surface area contributed by atoms with Crippen molar-refractivity contribution >= 4 is 6.03 Å². The largest absolute Gasteiger partial charge is 0.322 e. The second-order valence-corrected chi connectivity index (χ2v) is 9.11. The molecule has 3 nitrogen and oxygen atoms in total. The average Bonchev–Trinajstić information content (AvgIpc) is 2.71. The molecule has 0 bridgehead atoms. The predicted molar refractivity (Wildman–Crippen MR) is 109 cm³/mol. The molecule has 0 radical (unpaired) electrons. The van der Waals surface area contributed by atoms with Crippen LogP contribution in [0.2, 0.25) is 0 Å². The lowest BCUT2D eigenvalue weighted by Crippen LogP contribution is -2.56. The second-order valence-electron chi connectivity index (χ2n) is 9.11. The molecule has 0 aromatic heterocycles. The van der Waals surface area contributed by atoms with Crippen molar-refractivity contribution < 1.29 is 4.79 Å². The highest BCUT2D eigenvalue weighted by atomic mass is 16.2. The lowest BCUT2D eigenvalue weighted by Gasteiger charge is -2.46. The van der Waals surface area contributed by atoms with Gasteiger partial charge in [0.15, 0.2) is 0 Å². The first kappa shape index (κ1) is 20.0. The minimum absolute atomic E-state index is 0.421. The van der Waals surface area contributed by atoms with Crippen molar-refractivity contribution in [3.8, 4) is 0 Å². The van der Waals surface area contributed by atoms with E-state index >= 15 is 0 Å². The van der Waals surface area contributed by atoms with E-state index in [1.807, 2.05) is 0 Å². The molecule has 0 aromatic rings. The molecule has 26 heavy (non-hydrogen) atoms. The number of hydrogen-bond donors (Lipinski definition) is 0. The topological polar surface area (TPSA) is 23.6 Å². The van der Waals surface area contributed by atoms with Crippen LogP contribution < -0.4 is 0 Å². The molecule has 0 spiro atoms. The number of urea groups is 1. The van der Waals surface area contributed by atoms with Gasteiger partial charge in [0.05, 0.1) is 0 Å². The summed E-state index contributed by atoms with van der Waals surface area (Å²) in [5.74, 6) is 0. The summed E-state index contributed by atoms with van der Waals surface area (Å²) < 4.78 is 0. The molecule has 0 unspecified atom stereocenters. The predicted octanol–water partition coefficient (Wildman–Crippen LogP) is 6.51. The van der Waals surface area contributed by atoms with Crippen molar-refractivity contribution in [1.82, 2.24) is 9.80 Å². The van der Waals surface area contributed by atoms with Crippen LogP contribution in [0.1, 0.15) is 116 Å². The van der Waals surface area contributed by atoms with Gasteiger partial charge >= 0.3 is 6.03 Å². The third-order valence-corrected chi connectivity index (χ3v) is 7.17. The zero-order valence-electron chi connectivity index (χ0n) is 17.3. The molecule has 0 heterocycles. The molecule has 3 heteroatoms. The van der Waals surface area contributed by atoms with Crippen LogP contribution in [0.5, 0.6) is 0 Å². The minimum Gasteiger partial charge on any atom is -0.322 e. The van der Waals surface area contributed by atoms with Gasteiger partial charge in [-0.05, 0) is 44.9 Å². The fourth-order valence-electron chi connectivity index (χ4n) is 5.63. The van der Waals surface area contributed by atoms with Crippen molar-refractivity contribution in [2.75, 3.05) is 6.54 Å². The first-order valence-corrected chi connectivity index (χ1v) is 11.9. The maximum atomic E-state index is 13.9. The van der Waals surface area contributed by atoms with Gasteiger partial charge in [-0.1, -0.05) is 71.1 Å². The molecular weight excluding hydrogens is 320 g/mol. The summed E-state index contributed by atoms with van der Waals surface area (Å²) in [4.78, 5) is 18.7. The smallest absolute Gasteiger partial charge is 0.320 e. The van der Waals surface area contributed by atoms with Gasteiger partial charge in [-0.2, -0.15) is 0 Å². The van der Waals surface area contributed by atoms with Crippen LogP contribution in [0.4, 0.5) is 4.79 Å². The molecule has 0 saturated heterocycles. The van der Waals surface area contributed by atoms with Gasteiger partial charge in [0.1, 0.15) is 0 Å². The van der Waals surface area contributed by atoms with Crippen molar-refractivity contribution in [1.29, 1.82) is 0 Å². The van der Waals surface area contributed by atoms with Crippen LogP contribution in [0, 0.1) is 0 Å². The van der Waals surface area contributed by atoms with Crippen LogP contribution in [0.15, 0.2) is 0 Å². The van der Waals surface area contributed by atoms with Gasteiger partial charge in [0, 0.05) is 24.7 Å². The summed E-state index contributed by atoms with van der Waals surface area (Å²) in [6, 6.07) is 1.97. The zero-order chi connectivity index (χ0) is 18.2. The van der Waals surface area contributed by atoms with Gasteiger partial charge in [-0.25, -0.2) is 4.79 Å². The molecule has 3 fully saturated rings. The number of carbonyl (C=O) groups is 1. The molecule has 150 valence electrons. The summed E-state index contributed by atoms with van der Waals surface area (Å²) in [5.41, 5.74) is 0. The van der Waals surface area contributed by atoms with E-state index in [0.29, 0.717) is 24.2 Å². The molecule has 0 atom stereocenters. The Labute approximate surface area is 161 Å². The van der Waals surface area contributed by atoms with E-state index in [2.05, 4.69) is 16.7 Å². The Morgan fingerprint density at radius 3 is 1.54 bits per heavy atom. The first-order chi connectivity index (χ1) is 12.8. The Bertz CT molecular complexity index is 388. The number of unbranched alkanes of at least 4 members (excludes halogenated alkanes) is 1. The number of carbonyl (C=O) groups excluding carboxylic acids is 1. The Morgan fingerprint density at radius 2 is 1.12 bits per heavy atom. The summed E-state index contributed by atoms with van der Waals surface area (Å²) in [6.45, 7) is 3.24. The molecule has 2 amide bonds. The Balaban J connectivity index is 1.76. The normalized spacial score (nSPS) is 23.7.